The Bertz CT molecular complexity index is 1910. The molecule has 0 radical (unpaired) electrons. The number of hydrogen-bond acceptors (Lipinski definition) is 0. The van der Waals surface area contributed by atoms with Gasteiger partial charge in [0.1, 0.15) is 0 Å². The minimum Gasteiger partial charge on any atom is -0.309 e. The molecule has 0 spiro atoms. The lowest BCUT2D eigenvalue weighted by Crippen LogP contribution is -1.95. The van der Waals surface area contributed by atoms with E-state index in [-0.39, 0.29) is 0 Å². The van der Waals surface area contributed by atoms with Crippen LogP contribution < -0.4 is 0 Å². The molecule has 6 aromatic carbocycles. The summed E-state index contributed by atoms with van der Waals surface area (Å²) >= 11 is 0. The molecule has 0 saturated heterocycles. The Morgan fingerprint density at radius 1 is 0.486 bits per heavy atom. The second kappa shape index (κ2) is 8.50. The van der Waals surface area contributed by atoms with Gasteiger partial charge in [0, 0.05) is 21.8 Å². The zero-order chi connectivity index (χ0) is 24.9. The molecule has 0 unspecified atom stereocenters. The summed E-state index contributed by atoms with van der Waals surface area (Å²) < 4.78 is 2.46. The number of rotatable bonds is 3. The minimum atomic E-state index is 1.18. The van der Waals surface area contributed by atoms with Gasteiger partial charge in [-0.1, -0.05) is 114 Å². The average Bonchev–Trinajstić information content (AvgIpc) is 3.28. The predicted molar refractivity (Wildman–Crippen MR) is 159 cm³/mol. The van der Waals surface area contributed by atoms with Crippen LogP contribution in [0, 0.1) is 13.8 Å². The van der Waals surface area contributed by atoms with Crippen LogP contribution in [0.2, 0.25) is 0 Å². The fourth-order valence-electron chi connectivity index (χ4n) is 5.90. The second-order valence-electron chi connectivity index (χ2n) is 10.0. The lowest BCUT2D eigenvalue weighted by Gasteiger charge is -2.13. The highest BCUT2D eigenvalue weighted by Gasteiger charge is 2.20. The van der Waals surface area contributed by atoms with Crippen molar-refractivity contribution >= 4 is 32.6 Å². The van der Waals surface area contributed by atoms with E-state index in [1.807, 2.05) is 0 Å². The number of aromatic nitrogens is 1. The first-order valence-corrected chi connectivity index (χ1v) is 12.9. The van der Waals surface area contributed by atoms with Gasteiger partial charge in [-0.05, 0) is 65.8 Å². The van der Waals surface area contributed by atoms with Crippen LogP contribution in [0.5, 0.6) is 0 Å². The van der Waals surface area contributed by atoms with Crippen molar-refractivity contribution in [2.75, 3.05) is 0 Å². The first kappa shape index (κ1) is 21.6. The summed E-state index contributed by atoms with van der Waals surface area (Å²) in [5.41, 5.74) is 11.2. The van der Waals surface area contributed by atoms with E-state index >= 15 is 0 Å². The standard InChI is InChI=1S/C36H27N/c1-24-19-25(2)21-29(20-24)33-22-28(26-11-5-3-6-12-26)23-34-35(33)32-18-17-27-13-9-10-16-31(27)36(32)37(34)30-14-7-4-8-15-30/h3-23H,1-2H3. The molecule has 0 aliphatic rings. The van der Waals surface area contributed by atoms with E-state index in [0.29, 0.717) is 0 Å². The third kappa shape index (κ3) is 3.55. The molecule has 0 aliphatic heterocycles. The molecule has 0 amide bonds. The van der Waals surface area contributed by atoms with Gasteiger partial charge in [0.25, 0.3) is 0 Å². The topological polar surface area (TPSA) is 4.93 Å². The van der Waals surface area contributed by atoms with Crippen LogP contribution in [-0.2, 0) is 0 Å². The molecule has 7 rings (SSSR count). The molecule has 0 saturated carbocycles. The van der Waals surface area contributed by atoms with Crippen molar-refractivity contribution < 1.29 is 0 Å². The highest BCUT2D eigenvalue weighted by molar-refractivity contribution is 6.23. The molecule has 0 N–H and O–H groups in total. The SMILES string of the molecule is Cc1cc(C)cc(-c2cc(-c3ccccc3)cc3c2c2ccc4ccccc4c2n3-c2ccccc2)c1. The Morgan fingerprint density at radius 3 is 1.92 bits per heavy atom. The van der Waals surface area contributed by atoms with Crippen LogP contribution in [0.15, 0.2) is 127 Å². The summed E-state index contributed by atoms with van der Waals surface area (Å²) in [4.78, 5) is 0. The van der Waals surface area contributed by atoms with Crippen LogP contribution >= 0.6 is 0 Å². The van der Waals surface area contributed by atoms with E-state index in [0.717, 1.165) is 0 Å². The van der Waals surface area contributed by atoms with Crippen molar-refractivity contribution in [3.05, 3.63) is 139 Å². The molecule has 0 atom stereocenters. The molecule has 37 heavy (non-hydrogen) atoms. The monoisotopic (exact) mass is 473 g/mol. The van der Waals surface area contributed by atoms with E-state index in [2.05, 4.69) is 146 Å². The Balaban J connectivity index is 1.73. The second-order valence-corrected chi connectivity index (χ2v) is 10.0. The molecule has 1 heterocycles. The van der Waals surface area contributed by atoms with E-state index in [1.165, 1.54) is 71.6 Å². The summed E-state index contributed by atoms with van der Waals surface area (Å²) in [6, 6.07) is 46.5. The number of aryl methyl sites for hydroxylation is 2. The Kier molecular flexibility index (Phi) is 4.97. The number of fused-ring (bicyclic) bond motifs is 5. The number of benzene rings is 6. The summed E-state index contributed by atoms with van der Waals surface area (Å²) in [7, 11) is 0. The average molecular weight is 474 g/mol. The zero-order valence-electron chi connectivity index (χ0n) is 21.1. The van der Waals surface area contributed by atoms with Crippen LogP contribution in [0.3, 0.4) is 0 Å². The Hall–Kier alpha value is -4.62. The van der Waals surface area contributed by atoms with Crippen LogP contribution in [0.25, 0.3) is 60.5 Å². The van der Waals surface area contributed by atoms with E-state index in [9.17, 15) is 0 Å². The molecule has 1 aromatic heterocycles. The third-order valence-corrected chi connectivity index (χ3v) is 7.41. The first-order valence-electron chi connectivity index (χ1n) is 12.9. The van der Waals surface area contributed by atoms with Crippen LogP contribution in [-0.4, -0.2) is 4.57 Å². The summed E-state index contributed by atoms with van der Waals surface area (Å²) in [5.74, 6) is 0. The third-order valence-electron chi connectivity index (χ3n) is 7.41. The highest BCUT2D eigenvalue weighted by atomic mass is 15.0. The smallest absolute Gasteiger partial charge is 0.0619 e. The highest BCUT2D eigenvalue weighted by Crippen LogP contribution is 2.43. The predicted octanol–water partition coefficient (Wildman–Crippen LogP) is 9.89. The van der Waals surface area contributed by atoms with Gasteiger partial charge in [-0.25, -0.2) is 0 Å². The van der Waals surface area contributed by atoms with Gasteiger partial charge in [0.15, 0.2) is 0 Å². The fraction of sp³-hybridized carbons (Fsp3) is 0.0556. The van der Waals surface area contributed by atoms with Crippen molar-refractivity contribution in [2.45, 2.75) is 13.8 Å². The molecule has 1 heteroatoms. The maximum Gasteiger partial charge on any atom is 0.0619 e. The molecule has 0 bridgehead atoms. The lowest BCUT2D eigenvalue weighted by molar-refractivity contribution is 1.19. The zero-order valence-corrected chi connectivity index (χ0v) is 21.1. The van der Waals surface area contributed by atoms with E-state index < -0.39 is 0 Å². The van der Waals surface area contributed by atoms with Gasteiger partial charge in [-0.2, -0.15) is 0 Å². The van der Waals surface area contributed by atoms with E-state index in [1.54, 1.807) is 0 Å². The number of para-hydroxylation sites is 1. The molecular weight excluding hydrogens is 446 g/mol. The van der Waals surface area contributed by atoms with Crippen molar-refractivity contribution in [3.63, 3.8) is 0 Å². The largest absolute Gasteiger partial charge is 0.309 e. The van der Waals surface area contributed by atoms with Gasteiger partial charge < -0.3 is 4.57 Å². The number of hydrogen-bond donors (Lipinski definition) is 0. The minimum absolute atomic E-state index is 1.18. The summed E-state index contributed by atoms with van der Waals surface area (Å²) in [5, 5.41) is 5.11. The molecule has 1 nitrogen and oxygen atoms in total. The quantitative estimate of drug-likeness (QED) is 0.241. The molecule has 7 aromatic rings. The van der Waals surface area contributed by atoms with Gasteiger partial charge in [0.05, 0.1) is 11.0 Å². The maximum atomic E-state index is 2.46. The van der Waals surface area contributed by atoms with Crippen LogP contribution in [0.1, 0.15) is 11.1 Å². The summed E-state index contributed by atoms with van der Waals surface area (Å²) in [6.45, 7) is 4.38. The Morgan fingerprint density at radius 2 is 1.16 bits per heavy atom. The lowest BCUT2D eigenvalue weighted by atomic mass is 9.92. The maximum absolute atomic E-state index is 2.46. The van der Waals surface area contributed by atoms with Gasteiger partial charge in [-0.3, -0.25) is 0 Å². The van der Waals surface area contributed by atoms with Crippen molar-refractivity contribution in [3.8, 4) is 27.9 Å². The van der Waals surface area contributed by atoms with Crippen molar-refractivity contribution in [1.29, 1.82) is 0 Å². The Labute approximate surface area is 217 Å². The summed E-state index contributed by atoms with van der Waals surface area (Å²) in [6.07, 6.45) is 0. The van der Waals surface area contributed by atoms with Crippen LogP contribution in [0.4, 0.5) is 0 Å². The van der Waals surface area contributed by atoms with Gasteiger partial charge in [-0.15, -0.1) is 0 Å². The molecular formula is C36H27N. The first-order chi connectivity index (χ1) is 18.2. The fourth-order valence-corrected chi connectivity index (χ4v) is 5.90. The van der Waals surface area contributed by atoms with E-state index in [4.69, 9.17) is 0 Å². The molecule has 0 fully saturated rings. The van der Waals surface area contributed by atoms with Gasteiger partial charge in [0.2, 0.25) is 0 Å². The van der Waals surface area contributed by atoms with Crippen molar-refractivity contribution in [2.24, 2.45) is 0 Å². The van der Waals surface area contributed by atoms with Gasteiger partial charge >= 0.3 is 0 Å². The number of nitrogens with zero attached hydrogens (tertiary/aromatic N) is 1. The molecule has 176 valence electrons. The molecule has 0 aliphatic carbocycles. The normalized spacial score (nSPS) is 11.5. The van der Waals surface area contributed by atoms with Crippen molar-refractivity contribution in [1.82, 2.24) is 4.57 Å².